The van der Waals surface area contributed by atoms with Gasteiger partial charge in [0.2, 0.25) is 0 Å². The smallest absolute Gasteiger partial charge is 0.264 e. The van der Waals surface area contributed by atoms with Gasteiger partial charge < -0.3 is 4.74 Å². The van der Waals surface area contributed by atoms with Gasteiger partial charge in [-0.15, -0.1) is 0 Å². The van der Waals surface area contributed by atoms with E-state index in [0.717, 1.165) is 5.56 Å². The maximum atomic E-state index is 13.1. The highest BCUT2D eigenvalue weighted by molar-refractivity contribution is 7.22. The first-order valence-corrected chi connectivity index (χ1v) is 7.95. The number of carbonyl (C=O) groups is 1. The number of carbonyl (C=O) groups excluding carboxylic acids is 1. The Bertz CT molecular complexity index is 882. The van der Waals surface area contributed by atoms with Gasteiger partial charge in [0, 0.05) is 0 Å². The van der Waals surface area contributed by atoms with Crippen molar-refractivity contribution in [3.05, 3.63) is 52.8 Å². The molecular weight excluding hydrogens is 339 g/mol. The predicted molar refractivity (Wildman–Crippen MR) is 89.9 cm³/mol. The highest BCUT2D eigenvalue weighted by Gasteiger charge is 2.10. The minimum atomic E-state index is -0.359. The second-order valence-corrected chi connectivity index (χ2v) is 6.34. The molecule has 0 aliphatic rings. The van der Waals surface area contributed by atoms with E-state index in [0.29, 0.717) is 26.1 Å². The maximum absolute atomic E-state index is 13.1. The summed E-state index contributed by atoms with van der Waals surface area (Å²) < 4.78 is 19.2. The molecule has 2 aromatic carbocycles. The third-order valence-electron chi connectivity index (χ3n) is 3.04. The van der Waals surface area contributed by atoms with E-state index in [-0.39, 0.29) is 18.3 Å². The minimum Gasteiger partial charge on any atom is -0.482 e. The number of rotatable bonds is 4. The molecule has 0 aliphatic carbocycles. The van der Waals surface area contributed by atoms with Gasteiger partial charge >= 0.3 is 0 Å². The fourth-order valence-corrected chi connectivity index (χ4v) is 3.05. The Labute approximate surface area is 140 Å². The molecule has 0 saturated carbocycles. The van der Waals surface area contributed by atoms with Crippen LogP contribution in [-0.2, 0) is 4.79 Å². The van der Waals surface area contributed by atoms with Crippen LogP contribution in [0.1, 0.15) is 5.56 Å². The second kappa shape index (κ2) is 6.52. The van der Waals surface area contributed by atoms with Crippen molar-refractivity contribution < 1.29 is 13.9 Å². The summed E-state index contributed by atoms with van der Waals surface area (Å²) in [7, 11) is 0. The molecule has 0 spiro atoms. The Kier molecular flexibility index (Phi) is 4.45. The zero-order valence-corrected chi connectivity index (χ0v) is 13.7. The number of nitrogens with one attached hydrogen (secondary N) is 1. The van der Waals surface area contributed by atoms with Crippen LogP contribution in [0, 0.1) is 12.7 Å². The molecule has 1 amide bonds. The van der Waals surface area contributed by atoms with Crippen molar-refractivity contribution in [3.63, 3.8) is 0 Å². The van der Waals surface area contributed by atoms with E-state index < -0.39 is 0 Å². The normalized spacial score (nSPS) is 10.7. The number of amides is 1. The lowest BCUT2D eigenvalue weighted by Gasteiger charge is -2.08. The van der Waals surface area contributed by atoms with Gasteiger partial charge in [-0.05, 0) is 42.8 Å². The second-order valence-electron chi connectivity index (χ2n) is 4.90. The molecule has 3 aromatic rings. The zero-order chi connectivity index (χ0) is 16.4. The lowest BCUT2D eigenvalue weighted by atomic mass is 10.2. The number of hydrogen-bond acceptors (Lipinski definition) is 4. The summed E-state index contributed by atoms with van der Waals surface area (Å²) in [5.41, 5.74) is 1.62. The fourth-order valence-electron chi connectivity index (χ4n) is 1.97. The first-order valence-electron chi connectivity index (χ1n) is 6.76. The SMILES string of the molecule is Cc1ccc(Cl)c(OCC(=O)Nc2nc3ccc(F)cc3s2)c1. The molecule has 0 atom stereocenters. The van der Waals surface area contributed by atoms with Crippen molar-refractivity contribution >= 4 is 44.2 Å². The van der Waals surface area contributed by atoms with Crippen LogP contribution >= 0.6 is 22.9 Å². The van der Waals surface area contributed by atoms with Crippen molar-refractivity contribution in [2.24, 2.45) is 0 Å². The molecule has 4 nitrogen and oxygen atoms in total. The van der Waals surface area contributed by atoms with Gasteiger partial charge in [-0.2, -0.15) is 0 Å². The average Bonchev–Trinajstić information content (AvgIpc) is 2.89. The summed E-state index contributed by atoms with van der Waals surface area (Å²) in [6, 6.07) is 9.61. The monoisotopic (exact) mass is 350 g/mol. The van der Waals surface area contributed by atoms with E-state index in [9.17, 15) is 9.18 Å². The van der Waals surface area contributed by atoms with E-state index in [4.69, 9.17) is 16.3 Å². The van der Waals surface area contributed by atoms with E-state index in [1.54, 1.807) is 18.2 Å². The Balaban J connectivity index is 1.65. The molecule has 0 fully saturated rings. The number of fused-ring (bicyclic) bond motifs is 1. The summed E-state index contributed by atoms with van der Waals surface area (Å²) in [5.74, 6) is -0.244. The van der Waals surface area contributed by atoms with E-state index in [2.05, 4.69) is 10.3 Å². The van der Waals surface area contributed by atoms with Crippen molar-refractivity contribution in [2.75, 3.05) is 11.9 Å². The number of halogens is 2. The lowest BCUT2D eigenvalue weighted by Crippen LogP contribution is -2.20. The molecule has 1 heterocycles. The first-order chi connectivity index (χ1) is 11.0. The minimum absolute atomic E-state index is 0.187. The number of hydrogen-bond donors (Lipinski definition) is 1. The molecule has 0 aliphatic heterocycles. The van der Waals surface area contributed by atoms with Crippen molar-refractivity contribution in [1.82, 2.24) is 4.98 Å². The first kappa shape index (κ1) is 15.7. The van der Waals surface area contributed by atoms with Crippen LogP contribution in [0.3, 0.4) is 0 Å². The predicted octanol–water partition coefficient (Wildman–Crippen LogP) is 4.41. The summed E-state index contributed by atoms with van der Waals surface area (Å²) in [6.07, 6.45) is 0. The summed E-state index contributed by atoms with van der Waals surface area (Å²) in [4.78, 5) is 16.2. The Morgan fingerprint density at radius 3 is 3.00 bits per heavy atom. The molecular formula is C16H12ClFN2O2S. The molecule has 118 valence electrons. The summed E-state index contributed by atoms with van der Waals surface area (Å²) in [6.45, 7) is 1.72. The molecule has 3 rings (SSSR count). The van der Waals surface area contributed by atoms with Crippen LogP contribution in [0.4, 0.5) is 9.52 Å². The third kappa shape index (κ3) is 3.78. The highest BCUT2D eigenvalue weighted by Crippen LogP contribution is 2.27. The van der Waals surface area contributed by atoms with Crippen LogP contribution < -0.4 is 10.1 Å². The molecule has 1 N–H and O–H groups in total. The van der Waals surface area contributed by atoms with E-state index >= 15 is 0 Å². The Hall–Kier alpha value is -2.18. The fraction of sp³-hybridized carbons (Fsp3) is 0.125. The number of thiazole rings is 1. The van der Waals surface area contributed by atoms with Gasteiger partial charge in [-0.3, -0.25) is 10.1 Å². The van der Waals surface area contributed by atoms with Crippen molar-refractivity contribution in [1.29, 1.82) is 0 Å². The van der Waals surface area contributed by atoms with Gasteiger partial charge in [0.15, 0.2) is 11.7 Å². The summed E-state index contributed by atoms with van der Waals surface area (Å²) >= 11 is 7.21. The standard InChI is InChI=1S/C16H12ClFN2O2S/c1-9-2-4-11(17)13(6-9)22-8-15(21)20-16-19-12-5-3-10(18)7-14(12)23-16/h2-7H,8H2,1H3,(H,19,20,21). The molecule has 7 heteroatoms. The maximum Gasteiger partial charge on any atom is 0.264 e. The van der Waals surface area contributed by atoms with Crippen LogP contribution in [-0.4, -0.2) is 17.5 Å². The van der Waals surface area contributed by atoms with Crippen LogP contribution in [0.5, 0.6) is 5.75 Å². The van der Waals surface area contributed by atoms with Crippen LogP contribution in [0.2, 0.25) is 5.02 Å². The molecule has 0 bridgehead atoms. The molecule has 0 radical (unpaired) electrons. The number of ether oxygens (including phenoxy) is 1. The van der Waals surface area contributed by atoms with E-state index in [1.165, 1.54) is 23.5 Å². The molecule has 0 saturated heterocycles. The molecule has 1 aromatic heterocycles. The van der Waals surface area contributed by atoms with Gasteiger partial charge in [-0.1, -0.05) is 29.0 Å². The van der Waals surface area contributed by atoms with Gasteiger partial charge in [0.05, 0.1) is 15.2 Å². The molecule has 23 heavy (non-hydrogen) atoms. The van der Waals surface area contributed by atoms with Gasteiger partial charge in [-0.25, -0.2) is 9.37 Å². The number of aromatic nitrogens is 1. The number of aryl methyl sites for hydroxylation is 1. The van der Waals surface area contributed by atoms with E-state index in [1.807, 2.05) is 13.0 Å². The van der Waals surface area contributed by atoms with Gasteiger partial charge in [0.25, 0.3) is 5.91 Å². The summed E-state index contributed by atoms with van der Waals surface area (Å²) in [5, 5.41) is 3.47. The number of anilines is 1. The van der Waals surface area contributed by atoms with Crippen LogP contribution in [0.15, 0.2) is 36.4 Å². The number of nitrogens with zero attached hydrogens (tertiary/aromatic N) is 1. The lowest BCUT2D eigenvalue weighted by molar-refractivity contribution is -0.118. The Morgan fingerprint density at radius 1 is 1.35 bits per heavy atom. The largest absolute Gasteiger partial charge is 0.482 e. The average molecular weight is 351 g/mol. The quantitative estimate of drug-likeness (QED) is 0.758. The van der Waals surface area contributed by atoms with Crippen molar-refractivity contribution in [3.8, 4) is 5.75 Å². The zero-order valence-electron chi connectivity index (χ0n) is 12.1. The third-order valence-corrected chi connectivity index (χ3v) is 4.29. The highest BCUT2D eigenvalue weighted by atomic mass is 35.5. The Morgan fingerprint density at radius 2 is 2.17 bits per heavy atom. The molecule has 0 unspecified atom stereocenters. The van der Waals surface area contributed by atoms with Gasteiger partial charge in [0.1, 0.15) is 11.6 Å². The van der Waals surface area contributed by atoms with Crippen molar-refractivity contribution in [2.45, 2.75) is 6.92 Å². The number of benzene rings is 2. The topological polar surface area (TPSA) is 51.2 Å². The van der Waals surface area contributed by atoms with Crippen LogP contribution in [0.25, 0.3) is 10.2 Å².